The Bertz CT molecular complexity index is 1310. The van der Waals surface area contributed by atoms with Gasteiger partial charge in [0, 0.05) is 24.9 Å². The first-order chi connectivity index (χ1) is 21.8. The molecular weight excluding hydrogens is 620 g/mol. The molecule has 1 aromatic carbocycles. The third kappa shape index (κ3) is 11.3. The van der Waals surface area contributed by atoms with Gasteiger partial charge < -0.3 is 25.8 Å². The van der Waals surface area contributed by atoms with Crippen molar-refractivity contribution in [2.45, 2.75) is 128 Å². The molecule has 12 heteroatoms. The Kier molecular flexibility index (Phi) is 13.4. The Balaban J connectivity index is 1.91. The quantitative estimate of drug-likeness (QED) is 0.234. The number of hydrogen-bond acceptors (Lipinski definition) is 8. The number of hydrogen-bond donors (Lipinski definition) is 4. The van der Waals surface area contributed by atoms with Crippen LogP contribution >= 0.6 is 0 Å². The number of aliphatic hydroxyl groups is 1. The molecule has 3 amide bonds. The molecule has 0 radical (unpaired) electrons. The molecule has 11 nitrogen and oxygen atoms in total. The van der Waals surface area contributed by atoms with Crippen molar-refractivity contribution in [2.24, 2.45) is 11.8 Å². The van der Waals surface area contributed by atoms with E-state index < -0.39 is 56.2 Å². The number of aliphatic hydroxyl groups excluding tert-OH is 1. The molecule has 1 aliphatic carbocycles. The molecule has 1 saturated heterocycles. The van der Waals surface area contributed by atoms with E-state index in [-0.39, 0.29) is 31.6 Å². The molecule has 266 valence electrons. The number of piperidine rings is 1. The molecule has 0 bridgehead atoms. The first-order valence-corrected chi connectivity index (χ1v) is 18.9. The highest BCUT2D eigenvalue weighted by molar-refractivity contribution is 7.92. The number of carbonyl (C=O) groups is 3. The van der Waals surface area contributed by atoms with Crippen LogP contribution in [-0.2, 0) is 35.4 Å². The highest BCUT2D eigenvalue weighted by atomic mass is 32.2. The van der Waals surface area contributed by atoms with Gasteiger partial charge in [0.25, 0.3) is 0 Å². The van der Waals surface area contributed by atoms with E-state index in [0.29, 0.717) is 24.8 Å². The number of nitrogens with zero attached hydrogens (tertiary/aromatic N) is 1. The summed E-state index contributed by atoms with van der Waals surface area (Å²) in [6.07, 6.45) is 5.13. The number of nitrogens with one attached hydrogen (secondary N) is 3. The molecule has 3 rings (SSSR count). The van der Waals surface area contributed by atoms with E-state index >= 15 is 0 Å². The molecule has 6 atom stereocenters. The highest BCUT2D eigenvalue weighted by Crippen LogP contribution is 2.39. The molecule has 2 fully saturated rings. The second-order valence-electron chi connectivity index (χ2n) is 15.4. The van der Waals surface area contributed by atoms with Crippen molar-refractivity contribution in [3.05, 3.63) is 35.9 Å². The van der Waals surface area contributed by atoms with E-state index in [4.69, 9.17) is 4.74 Å². The van der Waals surface area contributed by atoms with Crippen molar-refractivity contribution in [1.82, 2.24) is 20.9 Å². The number of fused-ring (bicyclic) bond motifs is 1. The third-order valence-corrected chi connectivity index (χ3v) is 11.7. The number of carbonyl (C=O) groups excluding carboxylic acids is 3. The minimum absolute atomic E-state index is 0.0707. The predicted octanol–water partition coefficient (Wildman–Crippen LogP) is 2.60. The van der Waals surface area contributed by atoms with Crippen LogP contribution in [0.4, 0.5) is 0 Å². The SMILES string of the molecule is CC(C)OCC(=O)N[C@H](C(=O)N[C@@H](Cc1ccccc1)[C@H](O)CN1CC2CCCCC2C[C@H]1C(=O)NC(C)(C)C)C(C)(C)S(C)(=O)=O. The van der Waals surface area contributed by atoms with Crippen molar-refractivity contribution in [1.29, 1.82) is 0 Å². The van der Waals surface area contributed by atoms with Crippen LogP contribution in [0.25, 0.3) is 0 Å². The third-order valence-electron chi connectivity index (χ3n) is 9.58. The summed E-state index contributed by atoms with van der Waals surface area (Å²) in [4.78, 5) is 42.5. The topological polar surface area (TPSA) is 154 Å². The molecular formula is C35H58N4O7S. The monoisotopic (exact) mass is 678 g/mol. The first kappa shape index (κ1) is 38.9. The average Bonchev–Trinajstić information content (AvgIpc) is 2.97. The van der Waals surface area contributed by atoms with Gasteiger partial charge in [0.2, 0.25) is 17.7 Å². The maximum atomic E-state index is 14.0. The average molecular weight is 679 g/mol. The number of β-amino-alcohol motifs (C(OH)–C–C–N with tert-alkyl or cyclic N) is 1. The van der Waals surface area contributed by atoms with Crippen LogP contribution in [0.5, 0.6) is 0 Å². The summed E-state index contributed by atoms with van der Waals surface area (Å²) in [5.41, 5.74) is 0.443. The number of ether oxygens (including phenoxy) is 1. The van der Waals surface area contributed by atoms with Crippen molar-refractivity contribution in [2.75, 3.05) is 26.0 Å². The molecule has 0 aromatic heterocycles. The van der Waals surface area contributed by atoms with Crippen LogP contribution < -0.4 is 16.0 Å². The zero-order valence-electron chi connectivity index (χ0n) is 29.5. The fourth-order valence-electron chi connectivity index (χ4n) is 6.63. The normalized spacial score (nSPS) is 22.9. The lowest BCUT2D eigenvalue weighted by Crippen LogP contribution is -2.64. The molecule has 1 aromatic rings. The molecule has 2 aliphatic rings. The van der Waals surface area contributed by atoms with E-state index in [9.17, 15) is 27.9 Å². The van der Waals surface area contributed by atoms with Crippen molar-refractivity contribution in [3.8, 4) is 0 Å². The summed E-state index contributed by atoms with van der Waals surface area (Å²) in [6.45, 7) is 12.6. The van der Waals surface area contributed by atoms with Crippen molar-refractivity contribution in [3.63, 3.8) is 0 Å². The molecule has 47 heavy (non-hydrogen) atoms. The van der Waals surface area contributed by atoms with E-state index in [1.165, 1.54) is 13.8 Å². The summed E-state index contributed by atoms with van der Waals surface area (Å²) in [5, 5.41) is 20.5. The predicted molar refractivity (Wildman–Crippen MR) is 183 cm³/mol. The van der Waals surface area contributed by atoms with Gasteiger partial charge in [0.15, 0.2) is 9.84 Å². The van der Waals surface area contributed by atoms with Gasteiger partial charge in [-0.3, -0.25) is 19.3 Å². The Morgan fingerprint density at radius 2 is 1.62 bits per heavy atom. The Morgan fingerprint density at radius 1 is 1.00 bits per heavy atom. The van der Waals surface area contributed by atoms with Crippen LogP contribution in [0.1, 0.15) is 86.1 Å². The summed E-state index contributed by atoms with van der Waals surface area (Å²) in [7, 11) is -3.84. The van der Waals surface area contributed by atoms with E-state index in [2.05, 4.69) is 20.9 Å². The van der Waals surface area contributed by atoms with Gasteiger partial charge in [0.1, 0.15) is 12.6 Å². The molecule has 0 spiro atoms. The molecule has 1 heterocycles. The van der Waals surface area contributed by atoms with Crippen LogP contribution in [-0.4, -0.2) is 103 Å². The number of amides is 3. The maximum Gasteiger partial charge on any atom is 0.246 e. The molecule has 4 N–H and O–H groups in total. The summed E-state index contributed by atoms with van der Waals surface area (Å²) < 4.78 is 29.5. The lowest BCUT2D eigenvalue weighted by atomic mass is 9.72. The first-order valence-electron chi connectivity index (χ1n) is 17.0. The zero-order chi connectivity index (χ0) is 35.2. The summed E-state index contributed by atoms with van der Waals surface area (Å²) in [5.74, 6) is -0.543. The van der Waals surface area contributed by atoms with Crippen molar-refractivity contribution < 1.29 is 32.6 Å². The van der Waals surface area contributed by atoms with Crippen LogP contribution in [0, 0.1) is 11.8 Å². The Morgan fingerprint density at radius 3 is 2.19 bits per heavy atom. The highest BCUT2D eigenvalue weighted by Gasteiger charge is 2.46. The fraction of sp³-hybridized carbons (Fsp3) is 0.743. The zero-order valence-corrected chi connectivity index (χ0v) is 30.4. The van der Waals surface area contributed by atoms with E-state index in [1.807, 2.05) is 51.1 Å². The minimum atomic E-state index is -3.84. The number of sulfone groups is 1. The lowest BCUT2D eigenvalue weighted by Gasteiger charge is -2.47. The minimum Gasteiger partial charge on any atom is -0.390 e. The van der Waals surface area contributed by atoms with Crippen molar-refractivity contribution >= 4 is 27.6 Å². The van der Waals surface area contributed by atoms with Gasteiger partial charge in [-0.15, -0.1) is 0 Å². The lowest BCUT2D eigenvalue weighted by molar-refractivity contribution is -0.134. The van der Waals surface area contributed by atoms with Gasteiger partial charge in [-0.25, -0.2) is 8.42 Å². The smallest absolute Gasteiger partial charge is 0.246 e. The van der Waals surface area contributed by atoms with E-state index in [0.717, 1.165) is 37.5 Å². The van der Waals surface area contributed by atoms with Gasteiger partial charge in [-0.2, -0.15) is 0 Å². The van der Waals surface area contributed by atoms with Gasteiger partial charge in [-0.05, 0) is 85.1 Å². The number of rotatable bonds is 14. The number of benzene rings is 1. The van der Waals surface area contributed by atoms with Crippen LogP contribution in [0.3, 0.4) is 0 Å². The summed E-state index contributed by atoms with van der Waals surface area (Å²) in [6, 6.07) is 6.66. The van der Waals surface area contributed by atoms with Crippen LogP contribution in [0.2, 0.25) is 0 Å². The largest absolute Gasteiger partial charge is 0.390 e. The second-order valence-corrected chi connectivity index (χ2v) is 18.0. The Labute approximate surface area is 281 Å². The fourth-order valence-corrected chi connectivity index (χ4v) is 7.22. The molecule has 2 unspecified atom stereocenters. The second kappa shape index (κ2) is 16.2. The molecule has 1 aliphatic heterocycles. The van der Waals surface area contributed by atoms with Crippen LogP contribution in [0.15, 0.2) is 30.3 Å². The Hall–Kier alpha value is -2.54. The van der Waals surface area contributed by atoms with Gasteiger partial charge in [0.05, 0.1) is 29.0 Å². The van der Waals surface area contributed by atoms with E-state index in [1.54, 1.807) is 13.8 Å². The number of likely N-dealkylation sites (tertiary alicyclic amines) is 1. The standard InChI is InChI=1S/C35H58N4O7S/c1-23(2)46-22-30(41)37-31(35(6,7)47(8,44)45)33(43)36-27(18-24-14-10-9-11-15-24)29(40)21-39-20-26-17-13-12-16-25(26)19-28(39)32(42)38-34(3,4)5/h9-11,14-15,23,25-29,31,40H,12-13,16-22H2,1-8H3,(H,36,43)(H,37,41)(H,38,42)/t25?,26?,27-,28-,29+,31+/m0/s1. The maximum absolute atomic E-state index is 14.0. The van der Waals surface area contributed by atoms with Gasteiger partial charge in [-0.1, -0.05) is 49.6 Å². The van der Waals surface area contributed by atoms with Gasteiger partial charge >= 0.3 is 0 Å². The summed E-state index contributed by atoms with van der Waals surface area (Å²) >= 11 is 0. The molecule has 1 saturated carbocycles.